The van der Waals surface area contributed by atoms with Crippen molar-refractivity contribution in [3.63, 3.8) is 0 Å². The van der Waals surface area contributed by atoms with Crippen molar-refractivity contribution in [3.8, 4) is 17.2 Å². The van der Waals surface area contributed by atoms with Crippen molar-refractivity contribution in [1.82, 2.24) is 5.32 Å². The maximum Gasteiger partial charge on any atom is 0.346 e. The highest BCUT2D eigenvalue weighted by Crippen LogP contribution is 2.30. The molecule has 0 fully saturated rings. The Kier molecular flexibility index (Phi) is 5.75. The number of amides is 1. The Morgan fingerprint density at radius 1 is 1.11 bits per heavy atom. The maximum atomic E-state index is 12.9. The number of fused-ring (bicyclic) bond motifs is 1. The minimum absolute atomic E-state index is 0.0551. The van der Waals surface area contributed by atoms with Gasteiger partial charge in [0.1, 0.15) is 24.8 Å². The van der Waals surface area contributed by atoms with Crippen molar-refractivity contribution in [2.45, 2.75) is 12.5 Å². The van der Waals surface area contributed by atoms with Gasteiger partial charge in [-0.25, -0.2) is 9.18 Å². The summed E-state index contributed by atoms with van der Waals surface area (Å²) in [5.41, 5.74) is 0.711. The third kappa shape index (κ3) is 5.10. The number of rotatable bonds is 7. The molecule has 142 valence electrons. The average Bonchev–Trinajstić information content (AvgIpc) is 2.66. The van der Waals surface area contributed by atoms with Gasteiger partial charge in [-0.05, 0) is 42.0 Å². The fourth-order valence-electron chi connectivity index (χ4n) is 2.51. The summed E-state index contributed by atoms with van der Waals surface area (Å²) >= 11 is 0. The van der Waals surface area contributed by atoms with E-state index in [0.29, 0.717) is 30.3 Å². The highest BCUT2D eigenvalue weighted by atomic mass is 19.1. The Balaban J connectivity index is 1.54. The lowest BCUT2D eigenvalue weighted by Gasteiger charge is -2.19. The summed E-state index contributed by atoms with van der Waals surface area (Å²) in [6.07, 6.45) is -1.24. The van der Waals surface area contributed by atoms with Gasteiger partial charge in [-0.15, -0.1) is 0 Å². The molecule has 2 aromatic rings. The van der Waals surface area contributed by atoms with Crippen molar-refractivity contribution in [2.24, 2.45) is 0 Å². The lowest BCUT2D eigenvalue weighted by Crippen LogP contribution is -2.40. The van der Waals surface area contributed by atoms with Crippen LogP contribution in [0.5, 0.6) is 17.2 Å². The zero-order valence-electron chi connectivity index (χ0n) is 14.3. The molecule has 0 saturated carbocycles. The Morgan fingerprint density at radius 2 is 1.81 bits per heavy atom. The number of ether oxygens (including phenoxy) is 3. The minimum Gasteiger partial charge on any atom is -0.486 e. The van der Waals surface area contributed by atoms with E-state index < -0.39 is 17.9 Å². The monoisotopic (exact) mass is 375 g/mol. The van der Waals surface area contributed by atoms with Crippen molar-refractivity contribution in [1.29, 1.82) is 0 Å². The summed E-state index contributed by atoms with van der Waals surface area (Å²) < 4.78 is 29.1. The van der Waals surface area contributed by atoms with Crippen LogP contribution in [-0.2, 0) is 16.0 Å². The molecule has 1 aliphatic heterocycles. The summed E-state index contributed by atoms with van der Waals surface area (Å²) in [7, 11) is 0. The number of halogens is 1. The molecule has 3 rings (SSSR count). The standard InChI is InChI=1S/C19H18FNO6/c20-13-2-4-14(5-3-13)27-17(19(23)24)11-21-18(22)10-12-1-6-15-16(9-12)26-8-7-25-15/h1-6,9,17H,7-8,10-11H2,(H,21,22)(H,23,24). The van der Waals surface area contributed by atoms with Gasteiger partial charge in [0.25, 0.3) is 0 Å². The van der Waals surface area contributed by atoms with Gasteiger partial charge < -0.3 is 24.6 Å². The molecule has 0 spiro atoms. The highest BCUT2D eigenvalue weighted by molar-refractivity contribution is 5.80. The third-order valence-electron chi connectivity index (χ3n) is 3.82. The topological polar surface area (TPSA) is 94.1 Å². The Hall–Kier alpha value is -3.29. The van der Waals surface area contributed by atoms with Gasteiger partial charge in [0.2, 0.25) is 12.0 Å². The number of carbonyl (C=O) groups is 2. The van der Waals surface area contributed by atoms with Crippen molar-refractivity contribution >= 4 is 11.9 Å². The van der Waals surface area contributed by atoms with Crippen LogP contribution in [0.25, 0.3) is 0 Å². The number of carboxylic acid groups (broad SMARTS) is 1. The molecule has 1 unspecified atom stereocenters. The minimum atomic E-state index is -1.29. The molecule has 0 radical (unpaired) electrons. The number of hydrogen-bond donors (Lipinski definition) is 2. The average molecular weight is 375 g/mol. The van der Waals surface area contributed by atoms with Gasteiger partial charge in [-0.2, -0.15) is 0 Å². The second kappa shape index (κ2) is 8.39. The van der Waals surface area contributed by atoms with Gasteiger partial charge in [0.05, 0.1) is 13.0 Å². The van der Waals surface area contributed by atoms with Crippen LogP contribution in [0.15, 0.2) is 42.5 Å². The van der Waals surface area contributed by atoms with Crippen LogP contribution in [0.2, 0.25) is 0 Å². The molecule has 0 aliphatic carbocycles. The van der Waals surface area contributed by atoms with Crippen molar-refractivity contribution in [3.05, 3.63) is 53.8 Å². The van der Waals surface area contributed by atoms with E-state index in [0.717, 1.165) is 12.1 Å². The van der Waals surface area contributed by atoms with Crippen LogP contribution in [-0.4, -0.2) is 42.8 Å². The van der Waals surface area contributed by atoms with E-state index >= 15 is 0 Å². The van der Waals surface area contributed by atoms with Crippen LogP contribution >= 0.6 is 0 Å². The second-order valence-electron chi connectivity index (χ2n) is 5.86. The van der Waals surface area contributed by atoms with E-state index in [9.17, 15) is 19.1 Å². The molecule has 2 N–H and O–H groups in total. The summed E-state index contributed by atoms with van der Waals surface area (Å²) in [4.78, 5) is 23.4. The SMILES string of the molecule is O=C(Cc1ccc2c(c1)OCCO2)NCC(Oc1ccc(F)cc1)C(=O)O. The zero-order valence-corrected chi connectivity index (χ0v) is 14.3. The second-order valence-corrected chi connectivity index (χ2v) is 5.86. The number of hydrogen-bond acceptors (Lipinski definition) is 5. The maximum absolute atomic E-state index is 12.9. The normalized spacial score (nSPS) is 13.5. The first kappa shape index (κ1) is 18.5. The summed E-state index contributed by atoms with van der Waals surface area (Å²) in [6, 6.07) is 10.2. The molecule has 0 aromatic heterocycles. The van der Waals surface area contributed by atoms with E-state index in [1.165, 1.54) is 12.1 Å². The fourth-order valence-corrected chi connectivity index (χ4v) is 2.51. The first-order valence-electron chi connectivity index (χ1n) is 8.31. The summed E-state index contributed by atoms with van der Waals surface area (Å²) in [6.45, 7) is 0.706. The Morgan fingerprint density at radius 3 is 2.52 bits per heavy atom. The first-order valence-corrected chi connectivity index (χ1v) is 8.31. The molecule has 7 nitrogen and oxygen atoms in total. The van der Waals surface area contributed by atoms with Crippen LogP contribution < -0.4 is 19.5 Å². The first-order chi connectivity index (χ1) is 13.0. The van der Waals surface area contributed by atoms with E-state index in [-0.39, 0.29) is 24.6 Å². The third-order valence-corrected chi connectivity index (χ3v) is 3.82. The van der Waals surface area contributed by atoms with E-state index in [1.807, 2.05) is 0 Å². The quantitative estimate of drug-likeness (QED) is 0.766. The van der Waals surface area contributed by atoms with Crippen LogP contribution in [0.1, 0.15) is 5.56 Å². The number of nitrogens with one attached hydrogen (secondary N) is 1. The van der Waals surface area contributed by atoms with Gasteiger partial charge in [-0.3, -0.25) is 4.79 Å². The smallest absolute Gasteiger partial charge is 0.346 e. The number of benzene rings is 2. The lowest BCUT2D eigenvalue weighted by atomic mass is 10.1. The van der Waals surface area contributed by atoms with E-state index in [2.05, 4.69) is 5.32 Å². The predicted molar refractivity (Wildman–Crippen MR) is 92.6 cm³/mol. The number of carbonyl (C=O) groups excluding carboxylic acids is 1. The van der Waals surface area contributed by atoms with Gasteiger partial charge in [-0.1, -0.05) is 6.07 Å². The highest BCUT2D eigenvalue weighted by Gasteiger charge is 2.21. The molecule has 0 saturated heterocycles. The van der Waals surface area contributed by atoms with Gasteiger partial charge in [0.15, 0.2) is 11.5 Å². The van der Waals surface area contributed by atoms with Crippen LogP contribution in [0.4, 0.5) is 4.39 Å². The van der Waals surface area contributed by atoms with Crippen molar-refractivity contribution in [2.75, 3.05) is 19.8 Å². The molecule has 1 atom stereocenters. The van der Waals surface area contributed by atoms with E-state index in [4.69, 9.17) is 14.2 Å². The molecule has 1 heterocycles. The van der Waals surface area contributed by atoms with Crippen LogP contribution in [0, 0.1) is 5.82 Å². The largest absolute Gasteiger partial charge is 0.486 e. The summed E-state index contributed by atoms with van der Waals surface area (Å²) in [5.74, 6) is -0.648. The molecule has 2 aromatic carbocycles. The van der Waals surface area contributed by atoms with Crippen LogP contribution in [0.3, 0.4) is 0 Å². The fraction of sp³-hybridized carbons (Fsp3) is 0.263. The molecule has 27 heavy (non-hydrogen) atoms. The zero-order chi connectivity index (χ0) is 19.2. The molecular formula is C19H18FNO6. The molecule has 0 bridgehead atoms. The molecule has 8 heteroatoms. The van der Waals surface area contributed by atoms with Crippen molar-refractivity contribution < 1.29 is 33.3 Å². The number of carboxylic acids is 1. The van der Waals surface area contributed by atoms with E-state index in [1.54, 1.807) is 18.2 Å². The van der Waals surface area contributed by atoms with Gasteiger partial charge in [0, 0.05) is 0 Å². The molecular weight excluding hydrogens is 357 g/mol. The number of aliphatic carboxylic acids is 1. The molecule has 1 aliphatic rings. The predicted octanol–water partition coefficient (Wildman–Crippen LogP) is 1.79. The Bertz CT molecular complexity index is 823. The van der Waals surface area contributed by atoms with Gasteiger partial charge >= 0.3 is 5.97 Å². The summed E-state index contributed by atoms with van der Waals surface area (Å²) in [5, 5.41) is 11.8. The Labute approximate surface area is 154 Å². The molecule has 1 amide bonds. The lowest BCUT2D eigenvalue weighted by molar-refractivity contribution is -0.145.